The largest absolute Gasteiger partial charge is 0.458 e. The number of esters is 1. The highest BCUT2D eigenvalue weighted by atomic mass is 16.6. The third-order valence-corrected chi connectivity index (χ3v) is 8.04. The van der Waals surface area contributed by atoms with E-state index < -0.39 is 59.2 Å². The Morgan fingerprint density at radius 2 is 1.37 bits per heavy atom. The fourth-order valence-corrected chi connectivity index (χ4v) is 5.56. The Morgan fingerprint density at radius 1 is 0.776 bits per heavy atom. The van der Waals surface area contributed by atoms with Gasteiger partial charge in [-0.2, -0.15) is 0 Å². The number of ether oxygens (including phenoxy) is 2. The average molecular weight is 680 g/mol. The Kier molecular flexibility index (Phi) is 14.9. The molecule has 0 radical (unpaired) electrons. The van der Waals surface area contributed by atoms with Gasteiger partial charge in [-0.1, -0.05) is 81.8 Å². The predicted octanol–water partition coefficient (Wildman–Crippen LogP) is 7.62. The van der Waals surface area contributed by atoms with Crippen LogP contribution in [0.4, 0.5) is 4.79 Å². The number of amides is 3. The predicted molar refractivity (Wildman–Crippen MR) is 195 cm³/mol. The fourth-order valence-electron chi connectivity index (χ4n) is 5.56. The first-order chi connectivity index (χ1) is 22.6. The number of rotatable bonds is 14. The Morgan fingerprint density at radius 3 is 1.90 bits per heavy atom. The van der Waals surface area contributed by atoms with Crippen LogP contribution in [0.3, 0.4) is 0 Å². The summed E-state index contributed by atoms with van der Waals surface area (Å²) < 4.78 is 11.3. The maximum atomic E-state index is 14.9. The SMILES string of the molecule is Cc1ccc(C)c(C(C(=O)NC(Cc2ccccc2)C(=O)OC(C)(C)C)N(C(=O)C(NC(=O)OC(C)(C)C)C(C)C)C(C)CCC(C)C)c1. The van der Waals surface area contributed by atoms with Gasteiger partial charge in [0.25, 0.3) is 0 Å². The van der Waals surface area contributed by atoms with Gasteiger partial charge in [0.15, 0.2) is 0 Å². The smallest absolute Gasteiger partial charge is 0.408 e. The van der Waals surface area contributed by atoms with E-state index in [0.29, 0.717) is 17.9 Å². The van der Waals surface area contributed by atoms with E-state index in [4.69, 9.17) is 9.47 Å². The fraction of sp³-hybridized carbons (Fsp3) is 0.600. The van der Waals surface area contributed by atoms with E-state index >= 15 is 0 Å². The molecule has 4 atom stereocenters. The minimum absolute atomic E-state index is 0.201. The van der Waals surface area contributed by atoms with E-state index in [1.54, 1.807) is 46.4 Å². The lowest BCUT2D eigenvalue weighted by atomic mass is 9.92. The number of aryl methyl sites for hydroxylation is 2. The van der Waals surface area contributed by atoms with Gasteiger partial charge in [-0.15, -0.1) is 0 Å². The summed E-state index contributed by atoms with van der Waals surface area (Å²) in [7, 11) is 0. The number of nitrogens with one attached hydrogen (secondary N) is 2. The maximum Gasteiger partial charge on any atom is 0.408 e. The molecule has 0 bridgehead atoms. The molecule has 0 saturated heterocycles. The summed E-state index contributed by atoms with van der Waals surface area (Å²) >= 11 is 0. The monoisotopic (exact) mass is 679 g/mol. The van der Waals surface area contributed by atoms with Crippen molar-refractivity contribution in [1.29, 1.82) is 0 Å². The van der Waals surface area contributed by atoms with Crippen LogP contribution in [-0.4, -0.2) is 58.1 Å². The molecule has 2 rings (SSSR count). The number of hydrogen-bond acceptors (Lipinski definition) is 6. The highest BCUT2D eigenvalue weighted by molar-refractivity contribution is 5.94. The van der Waals surface area contributed by atoms with Crippen LogP contribution in [0.2, 0.25) is 0 Å². The first kappa shape index (κ1) is 41.3. The molecule has 49 heavy (non-hydrogen) atoms. The molecule has 0 saturated carbocycles. The minimum Gasteiger partial charge on any atom is -0.458 e. The van der Waals surface area contributed by atoms with Crippen LogP contribution >= 0.6 is 0 Å². The summed E-state index contributed by atoms with van der Waals surface area (Å²) in [6, 6.07) is 11.7. The van der Waals surface area contributed by atoms with E-state index in [2.05, 4.69) is 24.5 Å². The Bertz CT molecular complexity index is 1410. The number of carbonyl (C=O) groups excluding carboxylic acids is 4. The summed E-state index contributed by atoms with van der Waals surface area (Å²) in [4.78, 5) is 58.0. The zero-order chi connectivity index (χ0) is 37.3. The molecule has 9 nitrogen and oxygen atoms in total. The Labute approximate surface area is 294 Å². The number of hydrogen-bond donors (Lipinski definition) is 2. The number of nitrogens with zero attached hydrogens (tertiary/aromatic N) is 1. The second kappa shape index (κ2) is 17.7. The minimum atomic E-state index is -1.11. The van der Waals surface area contributed by atoms with E-state index in [-0.39, 0.29) is 12.3 Å². The second-order valence-corrected chi connectivity index (χ2v) is 16.0. The van der Waals surface area contributed by atoms with Gasteiger partial charge in [-0.05, 0) is 104 Å². The highest BCUT2D eigenvalue weighted by Crippen LogP contribution is 2.31. The van der Waals surface area contributed by atoms with Crippen molar-refractivity contribution >= 4 is 23.9 Å². The van der Waals surface area contributed by atoms with Crippen molar-refractivity contribution < 1.29 is 28.7 Å². The molecule has 0 aromatic heterocycles. The van der Waals surface area contributed by atoms with Gasteiger partial charge >= 0.3 is 12.1 Å². The topological polar surface area (TPSA) is 114 Å². The molecule has 0 aliphatic heterocycles. The highest BCUT2D eigenvalue weighted by Gasteiger charge is 2.42. The summed E-state index contributed by atoms with van der Waals surface area (Å²) in [5.74, 6) is -1.45. The van der Waals surface area contributed by atoms with E-state index in [0.717, 1.165) is 23.1 Å². The molecule has 0 aliphatic carbocycles. The summed E-state index contributed by atoms with van der Waals surface area (Å²) in [6.07, 6.45) is 0.920. The average Bonchev–Trinajstić information content (AvgIpc) is 2.96. The van der Waals surface area contributed by atoms with Crippen molar-refractivity contribution in [3.05, 3.63) is 70.8 Å². The molecular formula is C40H61N3O6. The van der Waals surface area contributed by atoms with Crippen LogP contribution in [0.1, 0.15) is 117 Å². The standard InChI is InChI=1S/C40H61N3O6/c1-25(2)19-22-29(7)43(36(45)33(26(3)4)42-38(47)49-40(11,12)13)34(31-23-27(5)20-21-28(31)6)35(44)41-32(37(46)48-39(8,9)10)24-30-17-15-14-16-18-30/h14-18,20-21,23,25-26,29,32-34H,19,22,24H2,1-13H3,(H,41,44)(H,42,47). The van der Waals surface area contributed by atoms with E-state index in [1.165, 1.54) is 0 Å². The molecule has 4 unspecified atom stereocenters. The van der Waals surface area contributed by atoms with Crippen molar-refractivity contribution in [2.24, 2.45) is 11.8 Å². The lowest BCUT2D eigenvalue weighted by molar-refractivity contribution is -0.159. The Hall–Kier alpha value is -3.88. The molecule has 0 spiro atoms. The molecule has 3 amide bonds. The lowest BCUT2D eigenvalue weighted by Gasteiger charge is -2.40. The van der Waals surface area contributed by atoms with Crippen molar-refractivity contribution in [3.63, 3.8) is 0 Å². The van der Waals surface area contributed by atoms with Crippen LogP contribution in [0, 0.1) is 25.7 Å². The van der Waals surface area contributed by atoms with Gasteiger partial charge in [-0.25, -0.2) is 9.59 Å². The molecule has 0 fully saturated rings. The maximum absolute atomic E-state index is 14.9. The third-order valence-electron chi connectivity index (χ3n) is 8.04. The zero-order valence-corrected chi connectivity index (χ0v) is 32.1. The van der Waals surface area contributed by atoms with E-state index in [9.17, 15) is 19.2 Å². The molecule has 2 aromatic rings. The van der Waals surface area contributed by atoms with Crippen molar-refractivity contribution in [1.82, 2.24) is 15.5 Å². The first-order valence-corrected chi connectivity index (χ1v) is 17.6. The van der Waals surface area contributed by atoms with Crippen molar-refractivity contribution in [2.45, 2.75) is 145 Å². The Balaban J connectivity index is 2.76. The van der Waals surface area contributed by atoms with Crippen LogP contribution in [-0.2, 0) is 30.3 Å². The molecule has 9 heteroatoms. The van der Waals surface area contributed by atoms with Crippen LogP contribution in [0.25, 0.3) is 0 Å². The molecule has 0 heterocycles. The first-order valence-electron chi connectivity index (χ1n) is 17.6. The second-order valence-electron chi connectivity index (χ2n) is 16.0. The lowest BCUT2D eigenvalue weighted by Crippen LogP contribution is -2.58. The number of carbonyl (C=O) groups is 4. The zero-order valence-electron chi connectivity index (χ0n) is 32.1. The van der Waals surface area contributed by atoms with Crippen molar-refractivity contribution in [3.8, 4) is 0 Å². The van der Waals surface area contributed by atoms with Crippen molar-refractivity contribution in [2.75, 3.05) is 0 Å². The summed E-state index contributed by atoms with van der Waals surface area (Å²) in [6.45, 7) is 24.3. The van der Waals surface area contributed by atoms with Crippen LogP contribution in [0.15, 0.2) is 48.5 Å². The quantitative estimate of drug-likeness (QED) is 0.199. The molecule has 2 aromatic carbocycles. The van der Waals surface area contributed by atoms with Gasteiger partial charge in [0, 0.05) is 12.5 Å². The van der Waals surface area contributed by atoms with Gasteiger partial charge in [0.1, 0.15) is 29.3 Å². The third kappa shape index (κ3) is 13.5. The van der Waals surface area contributed by atoms with E-state index in [1.807, 2.05) is 83.1 Å². The van der Waals surface area contributed by atoms with Crippen LogP contribution in [0.5, 0.6) is 0 Å². The van der Waals surface area contributed by atoms with Crippen LogP contribution < -0.4 is 10.6 Å². The normalized spacial score (nSPS) is 14.4. The summed E-state index contributed by atoms with van der Waals surface area (Å²) in [5, 5.41) is 5.81. The molecule has 2 N–H and O–H groups in total. The number of alkyl carbamates (subject to hydrolysis) is 1. The van der Waals surface area contributed by atoms with Gasteiger partial charge < -0.3 is 25.0 Å². The van der Waals surface area contributed by atoms with Gasteiger partial charge in [0.05, 0.1) is 0 Å². The number of benzene rings is 2. The molecule has 272 valence electrons. The van der Waals surface area contributed by atoms with Gasteiger partial charge in [0.2, 0.25) is 11.8 Å². The molecule has 0 aliphatic rings. The molecular weight excluding hydrogens is 618 g/mol. The van der Waals surface area contributed by atoms with Gasteiger partial charge in [-0.3, -0.25) is 9.59 Å². The summed E-state index contributed by atoms with van der Waals surface area (Å²) in [5.41, 5.74) is 1.68.